The molecule has 2 aromatic rings. The van der Waals surface area contributed by atoms with Crippen LogP contribution in [0.4, 0.5) is 5.69 Å². The van der Waals surface area contributed by atoms with Gasteiger partial charge in [0.05, 0.1) is 18.8 Å². The van der Waals surface area contributed by atoms with E-state index in [1.54, 1.807) is 18.2 Å². The molecule has 0 unspecified atom stereocenters. The predicted molar refractivity (Wildman–Crippen MR) is 111 cm³/mol. The number of esters is 1. The van der Waals surface area contributed by atoms with Crippen LogP contribution in [0.25, 0.3) is 0 Å². The molecule has 1 aliphatic carbocycles. The lowest BCUT2D eigenvalue weighted by Crippen LogP contribution is -2.21. The van der Waals surface area contributed by atoms with Gasteiger partial charge in [0.1, 0.15) is 0 Å². The van der Waals surface area contributed by atoms with Gasteiger partial charge in [-0.1, -0.05) is 13.0 Å². The molecule has 0 bridgehead atoms. The molecule has 0 saturated heterocycles. The maximum absolute atomic E-state index is 12.3. The number of aryl methyl sites for hydroxylation is 2. The van der Waals surface area contributed by atoms with Gasteiger partial charge in [0.25, 0.3) is 5.91 Å². The Morgan fingerprint density at radius 2 is 1.79 bits per heavy atom. The first-order valence-corrected chi connectivity index (χ1v) is 10.1. The van der Waals surface area contributed by atoms with Gasteiger partial charge in [0.2, 0.25) is 0 Å². The van der Waals surface area contributed by atoms with Crippen molar-refractivity contribution >= 4 is 17.6 Å². The molecule has 0 aromatic heterocycles. The minimum Gasteiger partial charge on any atom is -0.490 e. The number of hydrogen-bond acceptors (Lipinski definition) is 5. The predicted octanol–water partition coefficient (Wildman–Crippen LogP) is 4.16. The first-order valence-electron chi connectivity index (χ1n) is 10.1. The van der Waals surface area contributed by atoms with Crippen LogP contribution >= 0.6 is 0 Å². The second-order valence-corrected chi connectivity index (χ2v) is 6.90. The average Bonchev–Trinajstić information content (AvgIpc) is 3.19. The van der Waals surface area contributed by atoms with Crippen LogP contribution in [-0.4, -0.2) is 31.7 Å². The number of fused-ring (bicyclic) bond motifs is 1. The number of carbonyl (C=O) groups is 2. The topological polar surface area (TPSA) is 73.9 Å². The summed E-state index contributed by atoms with van der Waals surface area (Å²) in [6.45, 7) is 4.53. The van der Waals surface area contributed by atoms with E-state index in [0.717, 1.165) is 31.4 Å². The van der Waals surface area contributed by atoms with Gasteiger partial charge < -0.3 is 19.5 Å². The zero-order chi connectivity index (χ0) is 20.6. The van der Waals surface area contributed by atoms with E-state index in [2.05, 4.69) is 5.32 Å². The van der Waals surface area contributed by atoms with Crippen molar-refractivity contribution in [2.45, 2.75) is 39.5 Å². The molecular formula is C23H27NO5. The van der Waals surface area contributed by atoms with Crippen molar-refractivity contribution in [1.82, 2.24) is 0 Å². The van der Waals surface area contributed by atoms with Gasteiger partial charge in [-0.05, 0) is 74.1 Å². The van der Waals surface area contributed by atoms with Crippen LogP contribution in [0.1, 0.15) is 48.2 Å². The van der Waals surface area contributed by atoms with Crippen molar-refractivity contribution in [2.75, 3.05) is 25.1 Å². The summed E-state index contributed by atoms with van der Waals surface area (Å²) in [7, 11) is 0. The number of amides is 1. The smallest absolute Gasteiger partial charge is 0.338 e. The highest BCUT2D eigenvalue weighted by molar-refractivity contribution is 5.95. The summed E-state index contributed by atoms with van der Waals surface area (Å²) < 4.78 is 16.3. The van der Waals surface area contributed by atoms with Crippen LogP contribution in [0.2, 0.25) is 0 Å². The molecule has 0 radical (unpaired) electrons. The maximum atomic E-state index is 12.3. The molecule has 6 nitrogen and oxygen atoms in total. The number of rotatable bonds is 9. The first-order chi connectivity index (χ1) is 14.1. The lowest BCUT2D eigenvalue weighted by atomic mass is 10.1. The third-order valence-corrected chi connectivity index (χ3v) is 4.66. The fourth-order valence-corrected chi connectivity index (χ4v) is 3.30. The molecule has 29 heavy (non-hydrogen) atoms. The fourth-order valence-electron chi connectivity index (χ4n) is 3.30. The van der Waals surface area contributed by atoms with Gasteiger partial charge in [0.15, 0.2) is 18.1 Å². The van der Waals surface area contributed by atoms with Crippen molar-refractivity contribution in [2.24, 2.45) is 0 Å². The van der Waals surface area contributed by atoms with Crippen LogP contribution < -0.4 is 14.8 Å². The average molecular weight is 397 g/mol. The third kappa shape index (κ3) is 5.50. The summed E-state index contributed by atoms with van der Waals surface area (Å²) >= 11 is 0. The van der Waals surface area contributed by atoms with Crippen molar-refractivity contribution in [3.8, 4) is 11.5 Å². The van der Waals surface area contributed by atoms with E-state index in [4.69, 9.17) is 14.2 Å². The highest BCUT2D eigenvalue weighted by Crippen LogP contribution is 2.29. The molecule has 0 saturated carbocycles. The molecule has 154 valence electrons. The van der Waals surface area contributed by atoms with Gasteiger partial charge in [0, 0.05) is 5.69 Å². The Labute approximate surface area is 171 Å². The minimum atomic E-state index is -0.586. The molecule has 0 spiro atoms. The normalized spacial score (nSPS) is 12.2. The zero-order valence-electron chi connectivity index (χ0n) is 17.0. The Kier molecular flexibility index (Phi) is 7.11. The molecular weight excluding hydrogens is 370 g/mol. The molecule has 6 heteroatoms. The monoisotopic (exact) mass is 397 g/mol. The third-order valence-electron chi connectivity index (χ3n) is 4.66. The number of ether oxygens (including phenoxy) is 3. The van der Waals surface area contributed by atoms with Crippen molar-refractivity contribution in [3.05, 3.63) is 53.1 Å². The van der Waals surface area contributed by atoms with Gasteiger partial charge in [-0.25, -0.2) is 4.79 Å². The van der Waals surface area contributed by atoms with E-state index < -0.39 is 5.97 Å². The van der Waals surface area contributed by atoms with E-state index in [0.29, 0.717) is 30.3 Å². The van der Waals surface area contributed by atoms with E-state index in [-0.39, 0.29) is 12.5 Å². The molecule has 0 heterocycles. The second-order valence-electron chi connectivity index (χ2n) is 6.90. The van der Waals surface area contributed by atoms with E-state index >= 15 is 0 Å². The molecule has 0 fully saturated rings. The lowest BCUT2D eigenvalue weighted by Gasteiger charge is -2.13. The SMILES string of the molecule is CCCOc1ccc(C(=O)OCC(=O)Nc2ccc3c(c2)CCC3)cc1OCC. The van der Waals surface area contributed by atoms with Crippen LogP contribution in [0.3, 0.4) is 0 Å². The Morgan fingerprint density at radius 1 is 0.966 bits per heavy atom. The molecule has 2 aromatic carbocycles. The van der Waals surface area contributed by atoms with E-state index in [1.165, 1.54) is 11.1 Å². The second kappa shape index (κ2) is 9.96. The number of anilines is 1. The standard InChI is InChI=1S/C23H27NO5/c1-3-12-28-20-11-9-18(14-21(20)27-4-2)23(26)29-15-22(25)24-19-10-8-16-6-5-7-17(16)13-19/h8-11,13-14H,3-7,12,15H2,1-2H3,(H,24,25). The summed E-state index contributed by atoms with van der Waals surface area (Å²) in [6, 6.07) is 10.8. The van der Waals surface area contributed by atoms with Gasteiger partial charge in [-0.2, -0.15) is 0 Å². The van der Waals surface area contributed by atoms with Gasteiger partial charge in [-0.15, -0.1) is 0 Å². The summed E-state index contributed by atoms with van der Waals surface area (Å²) in [6.07, 6.45) is 4.15. The fraction of sp³-hybridized carbons (Fsp3) is 0.391. The quantitative estimate of drug-likeness (QED) is 0.643. The molecule has 3 rings (SSSR count). The molecule has 1 N–H and O–H groups in total. The Balaban J connectivity index is 1.56. The number of nitrogens with one attached hydrogen (secondary N) is 1. The van der Waals surface area contributed by atoms with Crippen molar-refractivity contribution < 1.29 is 23.8 Å². The van der Waals surface area contributed by atoms with Crippen LogP contribution in [-0.2, 0) is 22.4 Å². The highest BCUT2D eigenvalue weighted by Gasteiger charge is 2.15. The number of carbonyl (C=O) groups excluding carboxylic acids is 2. The van der Waals surface area contributed by atoms with E-state index in [1.807, 2.05) is 32.0 Å². The van der Waals surface area contributed by atoms with Crippen molar-refractivity contribution in [3.63, 3.8) is 0 Å². The Morgan fingerprint density at radius 3 is 2.59 bits per heavy atom. The first kappa shape index (κ1) is 20.7. The van der Waals surface area contributed by atoms with Crippen LogP contribution in [0, 0.1) is 0 Å². The Bertz CT molecular complexity index is 878. The maximum Gasteiger partial charge on any atom is 0.338 e. The minimum absolute atomic E-state index is 0.308. The van der Waals surface area contributed by atoms with Crippen molar-refractivity contribution in [1.29, 1.82) is 0 Å². The largest absolute Gasteiger partial charge is 0.490 e. The van der Waals surface area contributed by atoms with Crippen LogP contribution in [0.5, 0.6) is 11.5 Å². The number of benzene rings is 2. The summed E-state index contributed by atoms with van der Waals surface area (Å²) in [5, 5.41) is 2.78. The van der Waals surface area contributed by atoms with Gasteiger partial charge in [-0.3, -0.25) is 4.79 Å². The summed E-state index contributed by atoms with van der Waals surface area (Å²) in [5.74, 6) is 0.110. The summed E-state index contributed by atoms with van der Waals surface area (Å²) in [4.78, 5) is 24.5. The molecule has 1 aliphatic rings. The summed E-state index contributed by atoms with van der Waals surface area (Å²) in [5.41, 5.74) is 3.64. The molecule has 1 amide bonds. The highest BCUT2D eigenvalue weighted by atomic mass is 16.5. The Hall–Kier alpha value is -3.02. The van der Waals surface area contributed by atoms with Gasteiger partial charge >= 0.3 is 5.97 Å². The number of hydrogen-bond donors (Lipinski definition) is 1. The van der Waals surface area contributed by atoms with Crippen LogP contribution in [0.15, 0.2) is 36.4 Å². The lowest BCUT2D eigenvalue weighted by molar-refractivity contribution is -0.119. The van der Waals surface area contributed by atoms with E-state index in [9.17, 15) is 9.59 Å². The zero-order valence-corrected chi connectivity index (χ0v) is 17.0. The molecule has 0 atom stereocenters. The molecule has 0 aliphatic heterocycles.